The van der Waals surface area contributed by atoms with Crippen LogP contribution in [0.15, 0.2) is 11.6 Å². The minimum absolute atomic E-state index is 0.00114. The maximum Gasteiger partial charge on any atom is 0.314 e. The molecule has 5 nitrogen and oxygen atoms in total. The number of fused-ring (bicyclic) bond motifs is 7. The van der Waals surface area contributed by atoms with Gasteiger partial charge in [-0.25, -0.2) is 0 Å². The Morgan fingerprint density at radius 1 is 0.944 bits per heavy atom. The quantitative estimate of drug-likeness (QED) is 0.363. The molecule has 5 aliphatic rings. The lowest BCUT2D eigenvalue weighted by Gasteiger charge is -2.70. The summed E-state index contributed by atoms with van der Waals surface area (Å²) in [4.78, 5) is 13.5. The molecule has 36 heavy (non-hydrogen) atoms. The molecule has 0 saturated heterocycles. The van der Waals surface area contributed by atoms with Crippen molar-refractivity contribution in [2.24, 2.45) is 56.7 Å². The fourth-order valence-electron chi connectivity index (χ4n) is 11.0. The Labute approximate surface area is 218 Å². The maximum absolute atomic E-state index is 13.5. The standard InChI is InChI=1S/C30H48O4.CH4O/c1-18-9-12-26(3)15-16-30(25(33)34)20(24(26)19(18)2)7-8-22-27(4)13-11-23(32)28(5,17-31)21(27)10-14-29(22,30)6;1-2/h7,18-19,21-24,31-32H,8-17H2,1-6H3,(H,33,34);2H,1H3/t18-,19+,21-,22-,23+,24+,26-,27+,28-,29-,30-;/m0./s1. The van der Waals surface area contributed by atoms with Crippen molar-refractivity contribution in [2.45, 2.75) is 105 Å². The van der Waals surface area contributed by atoms with Crippen molar-refractivity contribution < 1.29 is 25.2 Å². The zero-order valence-corrected chi connectivity index (χ0v) is 23.8. The van der Waals surface area contributed by atoms with Gasteiger partial charge in [0.25, 0.3) is 0 Å². The second-order valence-corrected chi connectivity index (χ2v) is 14.4. The summed E-state index contributed by atoms with van der Waals surface area (Å²) in [5.74, 6) is 1.39. The molecule has 4 N–H and O–H groups in total. The summed E-state index contributed by atoms with van der Waals surface area (Å²) in [5, 5.41) is 39.4. The first-order valence-corrected chi connectivity index (χ1v) is 14.5. The fourth-order valence-corrected chi connectivity index (χ4v) is 11.0. The van der Waals surface area contributed by atoms with Crippen molar-refractivity contribution in [3.63, 3.8) is 0 Å². The Hall–Kier alpha value is -0.910. The zero-order chi connectivity index (χ0) is 26.9. The van der Waals surface area contributed by atoms with E-state index in [1.54, 1.807) is 0 Å². The molecule has 0 heterocycles. The van der Waals surface area contributed by atoms with Crippen molar-refractivity contribution in [2.75, 3.05) is 13.7 Å². The molecule has 206 valence electrons. The minimum Gasteiger partial charge on any atom is -0.481 e. The Morgan fingerprint density at radius 3 is 2.22 bits per heavy atom. The zero-order valence-electron chi connectivity index (χ0n) is 23.8. The van der Waals surface area contributed by atoms with E-state index in [2.05, 4.69) is 47.6 Å². The predicted octanol–water partition coefficient (Wildman–Crippen LogP) is 5.67. The molecule has 5 aliphatic carbocycles. The molecule has 0 aromatic heterocycles. The van der Waals surface area contributed by atoms with E-state index in [1.165, 1.54) is 18.4 Å². The van der Waals surface area contributed by atoms with Crippen LogP contribution < -0.4 is 0 Å². The van der Waals surface area contributed by atoms with E-state index >= 15 is 0 Å². The van der Waals surface area contributed by atoms with E-state index in [9.17, 15) is 20.1 Å². The number of hydrogen-bond donors (Lipinski definition) is 4. The van der Waals surface area contributed by atoms with Gasteiger partial charge in [-0.05, 0) is 104 Å². The molecular formula is C31H52O5. The van der Waals surface area contributed by atoms with Crippen molar-refractivity contribution in [3.8, 4) is 0 Å². The lowest BCUT2D eigenvalue weighted by Crippen LogP contribution is -2.67. The summed E-state index contributed by atoms with van der Waals surface area (Å²) in [6.45, 7) is 13.9. The van der Waals surface area contributed by atoms with Gasteiger partial charge in [-0.2, -0.15) is 0 Å². The average molecular weight is 505 g/mol. The van der Waals surface area contributed by atoms with Crippen LogP contribution in [0.2, 0.25) is 0 Å². The second kappa shape index (κ2) is 9.09. The number of hydrogen-bond acceptors (Lipinski definition) is 4. The minimum atomic E-state index is -0.787. The Kier molecular flexibility index (Phi) is 7.10. The van der Waals surface area contributed by atoms with Gasteiger partial charge in [-0.1, -0.05) is 53.2 Å². The molecule has 11 atom stereocenters. The van der Waals surface area contributed by atoms with E-state index < -0.39 is 22.9 Å². The van der Waals surface area contributed by atoms with Crippen LogP contribution >= 0.6 is 0 Å². The number of allylic oxidation sites excluding steroid dienone is 1. The van der Waals surface area contributed by atoms with Gasteiger partial charge in [0.2, 0.25) is 0 Å². The van der Waals surface area contributed by atoms with Gasteiger partial charge < -0.3 is 20.4 Å². The molecule has 0 aromatic rings. The molecule has 4 saturated carbocycles. The number of carbonyl (C=O) groups is 1. The van der Waals surface area contributed by atoms with E-state index in [1.807, 2.05) is 0 Å². The number of aliphatic hydroxyl groups is 3. The van der Waals surface area contributed by atoms with Crippen LogP contribution in [-0.2, 0) is 4.79 Å². The molecule has 0 unspecified atom stereocenters. The van der Waals surface area contributed by atoms with Gasteiger partial charge in [0.15, 0.2) is 0 Å². The highest BCUT2D eigenvalue weighted by Crippen LogP contribution is 2.75. The van der Waals surface area contributed by atoms with E-state index in [0.29, 0.717) is 24.2 Å². The smallest absolute Gasteiger partial charge is 0.314 e. The normalized spacial score (nSPS) is 53.9. The first kappa shape index (κ1) is 28.1. The predicted molar refractivity (Wildman–Crippen MR) is 142 cm³/mol. The first-order valence-electron chi connectivity index (χ1n) is 14.5. The summed E-state index contributed by atoms with van der Waals surface area (Å²) in [7, 11) is 1.00. The summed E-state index contributed by atoms with van der Waals surface area (Å²) in [6.07, 6.45) is 10.5. The maximum atomic E-state index is 13.5. The third-order valence-corrected chi connectivity index (χ3v) is 13.3. The largest absolute Gasteiger partial charge is 0.481 e. The highest BCUT2D eigenvalue weighted by atomic mass is 16.4. The van der Waals surface area contributed by atoms with Crippen LogP contribution in [0.25, 0.3) is 0 Å². The van der Waals surface area contributed by atoms with Crippen molar-refractivity contribution in [1.82, 2.24) is 0 Å². The highest BCUT2D eigenvalue weighted by Gasteiger charge is 2.72. The number of aliphatic hydroxyl groups excluding tert-OH is 3. The van der Waals surface area contributed by atoms with E-state index in [-0.39, 0.29) is 34.7 Å². The van der Waals surface area contributed by atoms with Gasteiger partial charge in [-0.3, -0.25) is 4.79 Å². The van der Waals surface area contributed by atoms with Crippen LogP contribution in [0.3, 0.4) is 0 Å². The third kappa shape index (κ3) is 3.33. The molecule has 0 amide bonds. The summed E-state index contributed by atoms with van der Waals surface area (Å²) in [5.41, 5.74) is -0.173. The molecule has 5 heteroatoms. The monoisotopic (exact) mass is 504 g/mol. The fraction of sp³-hybridized carbons (Fsp3) is 0.903. The van der Waals surface area contributed by atoms with Crippen molar-refractivity contribution in [3.05, 3.63) is 11.6 Å². The second-order valence-electron chi connectivity index (χ2n) is 14.4. The van der Waals surface area contributed by atoms with Crippen molar-refractivity contribution in [1.29, 1.82) is 0 Å². The number of carboxylic acid groups (broad SMARTS) is 1. The molecule has 0 aromatic carbocycles. The van der Waals surface area contributed by atoms with Crippen LogP contribution in [0.1, 0.15) is 99.3 Å². The third-order valence-electron chi connectivity index (χ3n) is 13.3. The van der Waals surface area contributed by atoms with Crippen LogP contribution in [0.4, 0.5) is 0 Å². The summed E-state index contributed by atoms with van der Waals surface area (Å²) < 4.78 is 0. The lowest BCUT2D eigenvalue weighted by molar-refractivity contribution is -0.223. The Balaban J connectivity index is 0.00000148. The van der Waals surface area contributed by atoms with Crippen LogP contribution in [0, 0.1) is 56.7 Å². The lowest BCUT2D eigenvalue weighted by atomic mass is 9.33. The van der Waals surface area contributed by atoms with Gasteiger partial charge >= 0.3 is 5.97 Å². The molecule has 0 spiro atoms. The number of rotatable bonds is 2. The van der Waals surface area contributed by atoms with Crippen molar-refractivity contribution >= 4 is 5.97 Å². The molecule has 5 rings (SSSR count). The van der Waals surface area contributed by atoms with Crippen LogP contribution in [-0.4, -0.2) is 46.2 Å². The average Bonchev–Trinajstić information content (AvgIpc) is 2.84. The molecule has 0 bridgehead atoms. The van der Waals surface area contributed by atoms with Gasteiger partial charge in [0.05, 0.1) is 18.1 Å². The van der Waals surface area contributed by atoms with Gasteiger partial charge in [0.1, 0.15) is 0 Å². The van der Waals surface area contributed by atoms with E-state index in [4.69, 9.17) is 5.11 Å². The Morgan fingerprint density at radius 2 is 1.61 bits per heavy atom. The molecular weight excluding hydrogens is 452 g/mol. The Bertz CT molecular complexity index is 899. The molecule has 0 aliphatic heterocycles. The summed E-state index contributed by atoms with van der Waals surface area (Å²) >= 11 is 0. The highest BCUT2D eigenvalue weighted by molar-refractivity contribution is 5.81. The van der Waals surface area contributed by atoms with Crippen LogP contribution in [0.5, 0.6) is 0 Å². The number of aliphatic carboxylic acids is 1. The summed E-state index contributed by atoms with van der Waals surface area (Å²) in [6, 6.07) is 0. The first-order chi connectivity index (χ1) is 16.8. The van der Waals surface area contributed by atoms with Gasteiger partial charge in [-0.15, -0.1) is 0 Å². The number of carboxylic acids is 1. The SMILES string of the molecule is CO.C[C@@H]1[C@@H](C)CC[C@@]2(C)CC[C@@]3(C(=O)O)C(=CC[C@H]4[C@]5(C)CC[C@@H](O)[C@@](C)(CO)[C@H]5CC[C@@]43C)[C@@H]12. The van der Waals surface area contributed by atoms with E-state index in [0.717, 1.165) is 45.6 Å². The van der Waals surface area contributed by atoms with Gasteiger partial charge in [0, 0.05) is 12.5 Å². The molecule has 0 radical (unpaired) electrons. The molecule has 4 fully saturated rings. The topological polar surface area (TPSA) is 98.0 Å².